The maximum atomic E-state index is 12.5. The van der Waals surface area contributed by atoms with Crippen molar-refractivity contribution in [2.75, 3.05) is 7.11 Å². The average molecular weight is 334 g/mol. The van der Waals surface area contributed by atoms with Gasteiger partial charge >= 0.3 is 5.97 Å². The van der Waals surface area contributed by atoms with Crippen LogP contribution in [-0.2, 0) is 4.74 Å². The van der Waals surface area contributed by atoms with Gasteiger partial charge in [0.1, 0.15) is 11.4 Å². The molecule has 0 fully saturated rings. The molecule has 2 heterocycles. The first-order chi connectivity index (χ1) is 12.1. The molecule has 4 rings (SSSR count). The standard InChI is InChI=1S/C19H14N2O4/c1-10-7-8-21-13(9-10)14(19(23)25-2)15-16(20-24)11-5-3-4-6-12(11)18(22)17(15)21/h3-9,22H,1-2H3. The van der Waals surface area contributed by atoms with E-state index in [0.29, 0.717) is 27.2 Å². The van der Waals surface area contributed by atoms with E-state index in [9.17, 15) is 14.8 Å². The largest absolute Gasteiger partial charge is 0.505 e. The van der Waals surface area contributed by atoms with E-state index in [-0.39, 0.29) is 17.0 Å². The smallest absolute Gasteiger partial charge is 0.340 e. The van der Waals surface area contributed by atoms with Gasteiger partial charge in [-0.1, -0.05) is 24.3 Å². The Balaban J connectivity index is 2.41. The molecule has 0 saturated heterocycles. The number of hydrogen-bond donors (Lipinski definition) is 1. The van der Waals surface area contributed by atoms with Crippen LogP contribution in [0.1, 0.15) is 15.9 Å². The average Bonchev–Trinajstić information content (AvgIpc) is 2.96. The minimum Gasteiger partial charge on any atom is -0.505 e. The Hall–Kier alpha value is -3.41. The lowest BCUT2D eigenvalue weighted by atomic mass is 10.0. The Labute approximate surface area is 142 Å². The van der Waals surface area contributed by atoms with Gasteiger partial charge in [-0.3, -0.25) is 0 Å². The fraction of sp³-hybridized carbons (Fsp3) is 0.105. The SMILES string of the molecule is COC(=O)c1c2c(N=O)c3ccccc3c(O)c2n2ccc(C)cc12. The number of rotatable bonds is 2. The van der Waals surface area contributed by atoms with Crippen LogP contribution < -0.4 is 0 Å². The molecule has 0 saturated carbocycles. The van der Waals surface area contributed by atoms with E-state index >= 15 is 0 Å². The highest BCUT2D eigenvalue weighted by Crippen LogP contribution is 2.45. The van der Waals surface area contributed by atoms with Gasteiger partial charge < -0.3 is 14.2 Å². The number of phenols is 1. The zero-order chi connectivity index (χ0) is 17.7. The monoisotopic (exact) mass is 334 g/mol. The molecule has 25 heavy (non-hydrogen) atoms. The Morgan fingerprint density at radius 1 is 1.20 bits per heavy atom. The summed E-state index contributed by atoms with van der Waals surface area (Å²) in [5.41, 5.74) is 2.19. The molecule has 2 aromatic heterocycles. The summed E-state index contributed by atoms with van der Waals surface area (Å²) in [5.74, 6) is -0.593. The number of carbonyl (C=O) groups is 1. The number of pyridine rings is 1. The Morgan fingerprint density at radius 3 is 2.60 bits per heavy atom. The number of nitrogens with zero attached hydrogens (tertiary/aromatic N) is 2. The molecule has 2 aromatic carbocycles. The number of methoxy groups -OCH3 is 1. The fourth-order valence-electron chi connectivity index (χ4n) is 3.39. The van der Waals surface area contributed by atoms with Crippen molar-refractivity contribution in [1.29, 1.82) is 0 Å². The lowest BCUT2D eigenvalue weighted by molar-refractivity contribution is 0.0605. The van der Waals surface area contributed by atoms with Gasteiger partial charge in [0, 0.05) is 22.4 Å². The zero-order valence-corrected chi connectivity index (χ0v) is 13.6. The number of esters is 1. The summed E-state index contributed by atoms with van der Waals surface area (Å²) in [5, 5.41) is 15.3. The number of hydrogen-bond acceptors (Lipinski definition) is 5. The predicted molar refractivity (Wildman–Crippen MR) is 95.6 cm³/mol. The van der Waals surface area contributed by atoms with Crippen molar-refractivity contribution >= 4 is 38.8 Å². The first-order valence-corrected chi connectivity index (χ1v) is 7.68. The third kappa shape index (κ3) is 1.94. The molecule has 0 aliphatic rings. The van der Waals surface area contributed by atoms with Gasteiger partial charge in [-0.25, -0.2) is 4.79 Å². The van der Waals surface area contributed by atoms with Gasteiger partial charge in [0.15, 0.2) is 0 Å². The van der Waals surface area contributed by atoms with Crippen molar-refractivity contribution in [3.05, 3.63) is 58.6 Å². The van der Waals surface area contributed by atoms with Crippen LogP contribution >= 0.6 is 0 Å². The van der Waals surface area contributed by atoms with Gasteiger partial charge in [0.25, 0.3) is 0 Å². The van der Waals surface area contributed by atoms with Crippen LogP contribution in [0.4, 0.5) is 5.69 Å². The summed E-state index contributed by atoms with van der Waals surface area (Å²) in [6, 6.07) is 10.6. The number of aromatic hydroxyl groups is 1. The molecule has 1 N–H and O–H groups in total. The van der Waals surface area contributed by atoms with Gasteiger partial charge in [0.05, 0.1) is 23.7 Å². The number of fused-ring (bicyclic) bond motifs is 4. The number of carbonyl (C=O) groups excluding carboxylic acids is 1. The summed E-state index contributed by atoms with van der Waals surface area (Å²) < 4.78 is 6.61. The summed E-state index contributed by atoms with van der Waals surface area (Å²) in [6.45, 7) is 1.90. The number of nitroso groups, excluding NO2 is 1. The maximum Gasteiger partial charge on any atom is 0.340 e. The second-order valence-corrected chi connectivity index (χ2v) is 5.88. The van der Waals surface area contributed by atoms with Crippen LogP contribution in [0.2, 0.25) is 0 Å². The summed E-state index contributed by atoms with van der Waals surface area (Å²) in [7, 11) is 1.28. The van der Waals surface area contributed by atoms with Crippen LogP contribution in [0.15, 0.2) is 47.8 Å². The molecule has 0 atom stereocenters. The molecule has 0 spiro atoms. The molecule has 124 valence electrons. The van der Waals surface area contributed by atoms with Crippen molar-refractivity contribution in [2.45, 2.75) is 6.92 Å². The molecule has 0 aliphatic carbocycles. The first kappa shape index (κ1) is 15.1. The maximum absolute atomic E-state index is 12.5. The lowest BCUT2D eigenvalue weighted by Gasteiger charge is -2.07. The third-order valence-electron chi connectivity index (χ3n) is 4.47. The highest BCUT2D eigenvalue weighted by atomic mass is 16.5. The molecule has 6 heteroatoms. The van der Waals surface area contributed by atoms with E-state index in [1.807, 2.05) is 19.1 Å². The van der Waals surface area contributed by atoms with Crippen molar-refractivity contribution < 1.29 is 14.6 Å². The number of benzene rings is 2. The highest BCUT2D eigenvalue weighted by molar-refractivity contribution is 6.23. The molecule has 0 radical (unpaired) electrons. The number of aryl methyl sites for hydroxylation is 1. The third-order valence-corrected chi connectivity index (χ3v) is 4.47. The van der Waals surface area contributed by atoms with Crippen LogP contribution in [0.3, 0.4) is 0 Å². The molecule has 0 amide bonds. The van der Waals surface area contributed by atoms with Gasteiger partial charge in [0.2, 0.25) is 0 Å². The van der Waals surface area contributed by atoms with Gasteiger partial charge in [-0.2, -0.15) is 0 Å². The number of ether oxygens (including phenoxy) is 1. The number of aromatic nitrogens is 1. The van der Waals surface area contributed by atoms with Crippen LogP contribution in [0.25, 0.3) is 27.2 Å². The molecule has 4 aromatic rings. The van der Waals surface area contributed by atoms with Gasteiger partial charge in [-0.15, -0.1) is 4.91 Å². The van der Waals surface area contributed by atoms with E-state index < -0.39 is 5.97 Å². The summed E-state index contributed by atoms with van der Waals surface area (Å²) in [4.78, 5) is 24.1. The molecule has 0 unspecified atom stereocenters. The van der Waals surface area contributed by atoms with Crippen LogP contribution in [0.5, 0.6) is 5.75 Å². The van der Waals surface area contributed by atoms with E-state index in [4.69, 9.17) is 4.74 Å². The van der Waals surface area contributed by atoms with E-state index in [2.05, 4.69) is 5.18 Å². The van der Waals surface area contributed by atoms with Crippen LogP contribution in [-0.4, -0.2) is 22.6 Å². The molecular weight excluding hydrogens is 320 g/mol. The fourth-order valence-corrected chi connectivity index (χ4v) is 3.39. The summed E-state index contributed by atoms with van der Waals surface area (Å²) >= 11 is 0. The second-order valence-electron chi connectivity index (χ2n) is 5.88. The summed E-state index contributed by atoms with van der Waals surface area (Å²) in [6.07, 6.45) is 1.75. The van der Waals surface area contributed by atoms with Crippen LogP contribution in [0, 0.1) is 11.8 Å². The Morgan fingerprint density at radius 2 is 1.92 bits per heavy atom. The van der Waals surface area contributed by atoms with Crippen molar-refractivity contribution in [1.82, 2.24) is 4.40 Å². The highest BCUT2D eigenvalue weighted by Gasteiger charge is 2.26. The minimum atomic E-state index is -0.585. The molecule has 6 nitrogen and oxygen atoms in total. The first-order valence-electron chi connectivity index (χ1n) is 7.68. The second kappa shape index (κ2) is 5.31. The van der Waals surface area contributed by atoms with E-state index in [1.165, 1.54) is 7.11 Å². The van der Waals surface area contributed by atoms with Crippen molar-refractivity contribution in [2.24, 2.45) is 5.18 Å². The zero-order valence-electron chi connectivity index (χ0n) is 13.6. The molecule has 0 aliphatic heterocycles. The van der Waals surface area contributed by atoms with Gasteiger partial charge in [-0.05, 0) is 29.8 Å². The van der Waals surface area contributed by atoms with Crippen molar-refractivity contribution in [3.8, 4) is 5.75 Å². The van der Waals surface area contributed by atoms with E-state index in [0.717, 1.165) is 5.56 Å². The Bertz CT molecular complexity index is 1190. The van der Waals surface area contributed by atoms with Crippen molar-refractivity contribution in [3.63, 3.8) is 0 Å². The quantitative estimate of drug-likeness (QED) is 0.434. The topological polar surface area (TPSA) is 80.4 Å². The Kier molecular flexibility index (Phi) is 3.21. The minimum absolute atomic E-state index is 0.00740. The number of phenolic OH excluding ortho intramolecular Hbond substituents is 1. The normalized spacial score (nSPS) is 11.3. The molecule has 0 bridgehead atoms. The predicted octanol–water partition coefficient (Wildman–Crippen LogP) is 4.44. The van der Waals surface area contributed by atoms with E-state index in [1.54, 1.807) is 34.9 Å². The lowest BCUT2D eigenvalue weighted by Crippen LogP contribution is -2.01. The molecular formula is C19H14N2O4.